The molecule has 0 bridgehead atoms. The fraction of sp³-hybridized carbons (Fsp3) is 0.0909. The molecule has 0 radical (unpaired) electrons. The lowest BCUT2D eigenvalue weighted by atomic mass is 10.0. The molecule has 2 aromatic rings. The summed E-state index contributed by atoms with van der Waals surface area (Å²) in [6.07, 6.45) is 0. The quantitative estimate of drug-likeness (QED) is 0.448. The summed E-state index contributed by atoms with van der Waals surface area (Å²) in [7, 11) is 0. The van der Waals surface area contributed by atoms with Crippen LogP contribution in [0.15, 0.2) is 29.6 Å². The first-order valence-electron chi connectivity index (χ1n) is 5.00. The first kappa shape index (κ1) is 12.3. The van der Waals surface area contributed by atoms with Crippen molar-refractivity contribution < 1.29 is 15.1 Å². The summed E-state index contributed by atoms with van der Waals surface area (Å²) in [5, 5.41) is 31.4. The normalized spacial score (nSPS) is 12.3. The van der Waals surface area contributed by atoms with Crippen molar-refractivity contribution in [2.24, 2.45) is 5.73 Å². The highest BCUT2D eigenvalue weighted by molar-refractivity contribution is 7.10. The van der Waals surface area contributed by atoms with E-state index in [9.17, 15) is 20.3 Å². The van der Waals surface area contributed by atoms with Gasteiger partial charge in [0, 0.05) is 10.9 Å². The number of rotatable bonds is 3. The minimum atomic E-state index is -0.764. The summed E-state index contributed by atoms with van der Waals surface area (Å²) >= 11 is 1.41. The summed E-state index contributed by atoms with van der Waals surface area (Å²) in [5.74, 6) is -1.30. The van der Waals surface area contributed by atoms with Crippen LogP contribution in [0.4, 0.5) is 5.69 Å². The molecule has 1 aromatic carbocycles. The van der Waals surface area contributed by atoms with Gasteiger partial charge in [-0.05, 0) is 23.1 Å². The van der Waals surface area contributed by atoms with Crippen molar-refractivity contribution in [3.05, 3.63) is 50.2 Å². The van der Waals surface area contributed by atoms with Crippen LogP contribution in [0.1, 0.15) is 16.5 Å². The third kappa shape index (κ3) is 2.13. The molecule has 0 aliphatic heterocycles. The van der Waals surface area contributed by atoms with Gasteiger partial charge in [-0.2, -0.15) is 0 Å². The second kappa shape index (κ2) is 4.63. The van der Waals surface area contributed by atoms with Gasteiger partial charge in [0.2, 0.25) is 5.75 Å². The Labute approximate surface area is 106 Å². The van der Waals surface area contributed by atoms with Gasteiger partial charge in [-0.15, -0.1) is 11.3 Å². The Bertz CT molecular complexity index is 583. The van der Waals surface area contributed by atoms with Crippen LogP contribution in [-0.4, -0.2) is 15.1 Å². The molecule has 0 saturated heterocycles. The minimum Gasteiger partial charge on any atom is -0.504 e. The molecule has 7 heteroatoms. The number of nitrogens with zero attached hydrogens (tertiary/aromatic N) is 1. The van der Waals surface area contributed by atoms with Crippen molar-refractivity contribution in [1.29, 1.82) is 0 Å². The van der Waals surface area contributed by atoms with E-state index in [0.29, 0.717) is 5.56 Å². The maximum atomic E-state index is 10.7. The maximum Gasteiger partial charge on any atom is 0.314 e. The Morgan fingerprint density at radius 3 is 2.67 bits per heavy atom. The van der Waals surface area contributed by atoms with E-state index in [0.717, 1.165) is 4.88 Å². The number of aromatic hydroxyl groups is 2. The molecular weight excluding hydrogens is 256 g/mol. The average molecular weight is 266 g/mol. The Balaban J connectivity index is 2.49. The zero-order valence-corrected chi connectivity index (χ0v) is 9.92. The smallest absolute Gasteiger partial charge is 0.314 e. The summed E-state index contributed by atoms with van der Waals surface area (Å²) in [6, 6.07) is 5.43. The van der Waals surface area contributed by atoms with Gasteiger partial charge in [0.15, 0.2) is 5.75 Å². The Hall–Kier alpha value is -2.12. The summed E-state index contributed by atoms with van der Waals surface area (Å²) < 4.78 is 0. The topological polar surface area (TPSA) is 110 Å². The molecule has 1 heterocycles. The number of phenols is 2. The molecule has 0 amide bonds. The molecule has 0 aliphatic rings. The third-order valence-electron chi connectivity index (χ3n) is 2.50. The predicted octanol–water partition coefficient (Wildman–Crippen LogP) is 2.12. The lowest BCUT2D eigenvalue weighted by Gasteiger charge is -2.11. The van der Waals surface area contributed by atoms with Gasteiger partial charge in [-0.3, -0.25) is 10.1 Å². The molecule has 1 atom stereocenters. The SMILES string of the molecule is N[C@@H](c1cc(O)c(O)c([N+](=O)[O-])c1)c1cccs1. The first-order chi connectivity index (χ1) is 8.50. The van der Waals surface area contributed by atoms with Gasteiger partial charge >= 0.3 is 5.69 Å². The van der Waals surface area contributed by atoms with Crippen molar-refractivity contribution in [2.45, 2.75) is 6.04 Å². The average Bonchev–Trinajstić information content (AvgIpc) is 2.84. The van der Waals surface area contributed by atoms with Crippen molar-refractivity contribution in [3.8, 4) is 11.5 Å². The van der Waals surface area contributed by atoms with Gasteiger partial charge in [0.25, 0.3) is 0 Å². The number of nitro groups is 1. The van der Waals surface area contributed by atoms with Crippen LogP contribution in [0.25, 0.3) is 0 Å². The molecule has 0 spiro atoms. The third-order valence-corrected chi connectivity index (χ3v) is 3.45. The van der Waals surface area contributed by atoms with Crippen LogP contribution in [0.5, 0.6) is 11.5 Å². The van der Waals surface area contributed by atoms with E-state index in [2.05, 4.69) is 0 Å². The zero-order chi connectivity index (χ0) is 13.3. The highest BCUT2D eigenvalue weighted by atomic mass is 32.1. The summed E-state index contributed by atoms with van der Waals surface area (Å²) in [4.78, 5) is 10.8. The minimum absolute atomic E-state index is 0.374. The molecule has 2 rings (SSSR count). The molecule has 0 unspecified atom stereocenters. The van der Waals surface area contributed by atoms with E-state index < -0.39 is 28.2 Å². The van der Waals surface area contributed by atoms with Crippen molar-refractivity contribution in [2.75, 3.05) is 0 Å². The highest BCUT2D eigenvalue weighted by Crippen LogP contribution is 2.38. The largest absolute Gasteiger partial charge is 0.504 e. The van der Waals surface area contributed by atoms with Gasteiger partial charge < -0.3 is 15.9 Å². The molecule has 6 nitrogen and oxygen atoms in total. The van der Waals surface area contributed by atoms with Crippen LogP contribution < -0.4 is 5.73 Å². The number of thiophene rings is 1. The van der Waals surface area contributed by atoms with E-state index in [-0.39, 0.29) is 0 Å². The van der Waals surface area contributed by atoms with Gasteiger partial charge in [-0.25, -0.2) is 0 Å². The van der Waals surface area contributed by atoms with Crippen LogP contribution in [0, 0.1) is 10.1 Å². The number of nitro benzene ring substituents is 1. The number of hydrogen-bond donors (Lipinski definition) is 3. The number of benzene rings is 1. The van der Waals surface area contributed by atoms with Crippen LogP contribution in [0.3, 0.4) is 0 Å². The fourth-order valence-corrected chi connectivity index (χ4v) is 2.33. The van der Waals surface area contributed by atoms with E-state index in [1.807, 2.05) is 11.4 Å². The van der Waals surface area contributed by atoms with E-state index in [1.54, 1.807) is 6.07 Å². The Morgan fingerprint density at radius 1 is 1.39 bits per heavy atom. The summed E-state index contributed by atoms with van der Waals surface area (Å²) in [6.45, 7) is 0. The Morgan fingerprint density at radius 2 is 2.11 bits per heavy atom. The molecule has 0 aliphatic carbocycles. The summed E-state index contributed by atoms with van der Waals surface area (Å²) in [5.41, 5.74) is 5.76. The van der Waals surface area contributed by atoms with E-state index >= 15 is 0 Å². The molecule has 0 saturated carbocycles. The van der Waals surface area contributed by atoms with E-state index in [1.165, 1.54) is 23.5 Å². The van der Waals surface area contributed by atoms with Crippen LogP contribution >= 0.6 is 11.3 Å². The second-order valence-corrected chi connectivity index (χ2v) is 4.64. The molecule has 18 heavy (non-hydrogen) atoms. The number of nitrogens with two attached hydrogens (primary N) is 1. The van der Waals surface area contributed by atoms with Gasteiger partial charge in [-0.1, -0.05) is 6.07 Å². The second-order valence-electron chi connectivity index (χ2n) is 3.66. The van der Waals surface area contributed by atoms with E-state index in [4.69, 9.17) is 5.73 Å². The lowest BCUT2D eigenvalue weighted by Crippen LogP contribution is -2.10. The number of hydrogen-bond acceptors (Lipinski definition) is 6. The molecule has 4 N–H and O–H groups in total. The van der Waals surface area contributed by atoms with Crippen molar-refractivity contribution in [3.63, 3.8) is 0 Å². The van der Waals surface area contributed by atoms with Crippen LogP contribution in [-0.2, 0) is 0 Å². The standard InChI is InChI=1S/C11H10N2O4S/c12-10(9-2-1-3-18-9)6-4-7(13(16)17)11(15)8(14)5-6/h1-5,10,14-15H,12H2/t10-/m0/s1. The maximum absolute atomic E-state index is 10.7. The fourth-order valence-electron chi connectivity index (χ4n) is 1.58. The number of phenolic OH excluding ortho intramolecular Hbond substituents is 2. The van der Waals surface area contributed by atoms with Crippen molar-refractivity contribution in [1.82, 2.24) is 0 Å². The van der Waals surface area contributed by atoms with Gasteiger partial charge in [0.1, 0.15) is 0 Å². The zero-order valence-electron chi connectivity index (χ0n) is 9.11. The lowest BCUT2D eigenvalue weighted by molar-refractivity contribution is -0.386. The van der Waals surface area contributed by atoms with Gasteiger partial charge in [0.05, 0.1) is 11.0 Å². The first-order valence-corrected chi connectivity index (χ1v) is 5.88. The van der Waals surface area contributed by atoms with Crippen LogP contribution in [0.2, 0.25) is 0 Å². The highest BCUT2D eigenvalue weighted by Gasteiger charge is 2.22. The molecular formula is C11H10N2O4S. The monoisotopic (exact) mass is 266 g/mol. The molecule has 94 valence electrons. The molecule has 1 aromatic heterocycles. The Kier molecular flexibility index (Phi) is 3.17. The van der Waals surface area contributed by atoms with Crippen molar-refractivity contribution >= 4 is 17.0 Å². The predicted molar refractivity (Wildman–Crippen MR) is 66.8 cm³/mol. The molecule has 0 fully saturated rings.